The monoisotopic (exact) mass is 739 g/mol. The molecule has 0 radical (unpaired) electrons. The molecule has 1 N–H and O–H groups in total. The number of aliphatic hydroxyl groups is 1. The highest BCUT2D eigenvalue weighted by Gasteiger charge is 2.42. The fraction of sp³-hybridized carbons (Fsp3) is 0.475. The fourth-order valence-electron chi connectivity index (χ4n) is 4.74. The summed E-state index contributed by atoms with van der Waals surface area (Å²) < 4.78 is 46.6. The van der Waals surface area contributed by atoms with E-state index < -0.39 is 61.7 Å². The van der Waals surface area contributed by atoms with Crippen molar-refractivity contribution in [1.29, 1.82) is 0 Å². The number of nitrogens with zero attached hydrogens (tertiary/aromatic N) is 1. The van der Waals surface area contributed by atoms with Crippen molar-refractivity contribution in [2.45, 2.75) is 118 Å². The topological polar surface area (TPSA) is 121 Å². The van der Waals surface area contributed by atoms with E-state index in [1.807, 2.05) is 19.2 Å². The lowest BCUT2D eigenvalue weighted by atomic mass is 9.95. The third-order valence-electron chi connectivity index (χ3n) is 8.34. The van der Waals surface area contributed by atoms with Crippen LogP contribution in [0.3, 0.4) is 0 Å². The molecule has 3 rings (SSSR count). The Kier molecular flexibility index (Phi) is 13.5. The van der Waals surface area contributed by atoms with Gasteiger partial charge >= 0.3 is 18.2 Å². The van der Waals surface area contributed by atoms with E-state index in [0.717, 1.165) is 0 Å². The SMILES string of the molecule is Cc1c(F)c(CC(O)CO[Si](C)(C)C(C)(C)C)c(N(C(=O)OC(C)(C)C)C(=O)OC(C)(C)C)c(OCc2ccccc2)c1C(=O)Oc1ccccc1. The summed E-state index contributed by atoms with van der Waals surface area (Å²) in [5.41, 5.74) is -2.87. The molecule has 52 heavy (non-hydrogen) atoms. The van der Waals surface area contributed by atoms with Gasteiger partial charge in [0.2, 0.25) is 0 Å². The predicted octanol–water partition coefficient (Wildman–Crippen LogP) is 9.53. The maximum atomic E-state index is 17.0. The van der Waals surface area contributed by atoms with Crippen molar-refractivity contribution in [1.82, 2.24) is 0 Å². The first-order valence-electron chi connectivity index (χ1n) is 17.3. The Morgan fingerprint density at radius 1 is 0.827 bits per heavy atom. The first kappa shape index (κ1) is 42.2. The van der Waals surface area contributed by atoms with Gasteiger partial charge in [-0.1, -0.05) is 69.3 Å². The summed E-state index contributed by atoms with van der Waals surface area (Å²) in [7, 11) is -2.35. The molecule has 284 valence electrons. The summed E-state index contributed by atoms with van der Waals surface area (Å²) >= 11 is 0. The van der Waals surface area contributed by atoms with Crippen LogP contribution in [0.4, 0.5) is 19.7 Å². The Morgan fingerprint density at radius 2 is 1.33 bits per heavy atom. The lowest BCUT2D eigenvalue weighted by Crippen LogP contribution is -2.45. The van der Waals surface area contributed by atoms with E-state index in [4.69, 9.17) is 23.4 Å². The lowest BCUT2D eigenvalue weighted by Gasteiger charge is -2.37. The first-order valence-corrected chi connectivity index (χ1v) is 20.2. The number of para-hydroxylation sites is 1. The number of halogens is 1. The molecule has 0 aliphatic rings. The van der Waals surface area contributed by atoms with Crippen LogP contribution in [0.5, 0.6) is 11.5 Å². The molecular formula is C40H54FNO9Si. The van der Waals surface area contributed by atoms with Crippen LogP contribution < -0.4 is 14.4 Å². The van der Waals surface area contributed by atoms with E-state index >= 15 is 4.39 Å². The molecule has 0 bridgehead atoms. The number of esters is 1. The Morgan fingerprint density at radius 3 is 1.81 bits per heavy atom. The minimum Gasteiger partial charge on any atom is -0.486 e. The summed E-state index contributed by atoms with van der Waals surface area (Å²) in [5, 5.41) is 11.2. The maximum Gasteiger partial charge on any atom is 0.424 e. The Bertz CT molecular complexity index is 1680. The highest BCUT2D eigenvalue weighted by Crippen LogP contribution is 2.44. The first-order chi connectivity index (χ1) is 23.9. The van der Waals surface area contributed by atoms with E-state index in [1.165, 1.54) is 6.92 Å². The molecule has 0 aliphatic heterocycles. The van der Waals surface area contributed by atoms with Gasteiger partial charge in [-0.2, -0.15) is 4.90 Å². The fourth-order valence-corrected chi connectivity index (χ4v) is 5.78. The van der Waals surface area contributed by atoms with E-state index in [-0.39, 0.29) is 46.4 Å². The van der Waals surface area contributed by atoms with E-state index in [2.05, 4.69) is 20.8 Å². The zero-order valence-electron chi connectivity index (χ0n) is 32.5. The van der Waals surface area contributed by atoms with Gasteiger partial charge in [-0.25, -0.2) is 18.8 Å². The molecule has 0 aromatic heterocycles. The van der Waals surface area contributed by atoms with Crippen molar-refractivity contribution in [3.63, 3.8) is 0 Å². The molecule has 1 atom stereocenters. The van der Waals surface area contributed by atoms with Crippen LogP contribution in [0, 0.1) is 12.7 Å². The molecule has 0 spiro atoms. The van der Waals surface area contributed by atoms with Crippen molar-refractivity contribution >= 4 is 32.2 Å². The van der Waals surface area contributed by atoms with Crippen LogP contribution in [-0.4, -0.2) is 55.5 Å². The second kappa shape index (κ2) is 16.6. The van der Waals surface area contributed by atoms with E-state index in [1.54, 1.807) is 96.1 Å². The van der Waals surface area contributed by atoms with Gasteiger partial charge in [-0.3, -0.25) is 0 Å². The summed E-state index contributed by atoms with van der Waals surface area (Å²) in [5.74, 6) is -2.15. The third kappa shape index (κ3) is 11.4. The standard InChI is InChI=1S/C40H54FNO9Si/c1-26-31(35(44)49-29-21-17-14-18-22-29)34(47-24-27-19-15-13-16-20-27)33(42(36(45)50-38(2,3)4)37(46)51-39(5,6)7)30(32(26)41)23-28(43)25-48-52(11,12)40(8,9)10/h13-22,28,43H,23-25H2,1-12H3. The Balaban J connectivity index is 2.40. The molecule has 12 heteroatoms. The zero-order chi connectivity index (χ0) is 39.2. The largest absolute Gasteiger partial charge is 0.486 e. The van der Waals surface area contributed by atoms with Gasteiger partial charge in [0.05, 0.1) is 12.7 Å². The summed E-state index contributed by atoms with van der Waals surface area (Å²) in [4.78, 5) is 42.8. The van der Waals surface area contributed by atoms with Crippen molar-refractivity contribution in [3.8, 4) is 11.5 Å². The maximum absolute atomic E-state index is 17.0. The second-order valence-corrected chi connectivity index (χ2v) is 21.0. The average Bonchev–Trinajstić information content (AvgIpc) is 3.01. The van der Waals surface area contributed by atoms with Crippen LogP contribution in [0.25, 0.3) is 0 Å². The number of amides is 2. The van der Waals surface area contributed by atoms with Gasteiger partial charge < -0.3 is 28.5 Å². The number of carbonyl (C=O) groups is 3. The van der Waals surface area contributed by atoms with E-state index in [0.29, 0.717) is 10.5 Å². The highest BCUT2D eigenvalue weighted by molar-refractivity contribution is 6.74. The molecule has 3 aromatic carbocycles. The van der Waals surface area contributed by atoms with Crippen molar-refractivity contribution in [2.24, 2.45) is 0 Å². The molecule has 3 aromatic rings. The normalized spacial score (nSPS) is 12.9. The lowest BCUT2D eigenvalue weighted by molar-refractivity contribution is 0.0425. The van der Waals surface area contributed by atoms with Gasteiger partial charge in [0.15, 0.2) is 14.1 Å². The average molecular weight is 740 g/mol. The van der Waals surface area contributed by atoms with Crippen molar-refractivity contribution in [3.05, 3.63) is 88.7 Å². The van der Waals surface area contributed by atoms with Gasteiger partial charge in [0.1, 0.15) is 40.6 Å². The number of aliphatic hydroxyl groups excluding tert-OH is 1. The number of imide groups is 1. The van der Waals surface area contributed by atoms with Crippen molar-refractivity contribution in [2.75, 3.05) is 11.5 Å². The van der Waals surface area contributed by atoms with Gasteiger partial charge in [0, 0.05) is 17.5 Å². The molecule has 0 saturated carbocycles. The summed E-state index contributed by atoms with van der Waals surface area (Å²) in [6.07, 6.45) is -4.17. The number of anilines is 1. The van der Waals surface area contributed by atoms with Crippen LogP contribution in [0.15, 0.2) is 60.7 Å². The zero-order valence-corrected chi connectivity index (χ0v) is 33.5. The molecule has 0 aliphatic carbocycles. The molecule has 0 fully saturated rings. The Hall–Kier alpha value is -4.26. The molecule has 0 saturated heterocycles. The highest BCUT2D eigenvalue weighted by atomic mass is 28.4. The molecule has 0 heterocycles. The number of rotatable bonds is 11. The minimum absolute atomic E-state index is 0.155. The minimum atomic E-state index is -2.35. The van der Waals surface area contributed by atoms with Crippen LogP contribution >= 0.6 is 0 Å². The van der Waals surface area contributed by atoms with Gasteiger partial charge in [-0.15, -0.1) is 0 Å². The van der Waals surface area contributed by atoms with Crippen molar-refractivity contribution < 1.29 is 47.3 Å². The number of carbonyl (C=O) groups excluding carboxylic acids is 3. The third-order valence-corrected chi connectivity index (χ3v) is 12.8. The van der Waals surface area contributed by atoms with E-state index in [9.17, 15) is 19.5 Å². The molecule has 1 unspecified atom stereocenters. The molecular weight excluding hydrogens is 686 g/mol. The number of ether oxygens (including phenoxy) is 4. The Labute approximate surface area is 308 Å². The van der Waals surface area contributed by atoms with Crippen LogP contribution in [0.2, 0.25) is 18.1 Å². The van der Waals surface area contributed by atoms with Crippen LogP contribution in [0.1, 0.15) is 89.4 Å². The molecule has 2 amide bonds. The number of hydrogen-bond donors (Lipinski definition) is 1. The number of benzene rings is 3. The molecule has 10 nitrogen and oxygen atoms in total. The summed E-state index contributed by atoms with van der Waals surface area (Å²) in [6.45, 7) is 20.9. The van der Waals surface area contributed by atoms with Gasteiger partial charge in [-0.05, 0) is 84.3 Å². The predicted molar refractivity (Wildman–Crippen MR) is 201 cm³/mol. The van der Waals surface area contributed by atoms with Gasteiger partial charge in [0.25, 0.3) is 0 Å². The van der Waals surface area contributed by atoms with Crippen LogP contribution in [-0.2, 0) is 26.9 Å². The second-order valence-electron chi connectivity index (χ2n) is 16.2. The number of hydrogen-bond acceptors (Lipinski definition) is 9. The smallest absolute Gasteiger partial charge is 0.424 e. The summed E-state index contributed by atoms with van der Waals surface area (Å²) in [6, 6.07) is 17.1. The quantitative estimate of drug-likeness (QED) is 0.116.